The molecule has 180 valence electrons. The second kappa shape index (κ2) is 10.3. The highest BCUT2D eigenvalue weighted by atomic mass is 32.2. The maximum Gasteiger partial charge on any atom is 0.243 e. The van der Waals surface area contributed by atoms with Crippen molar-refractivity contribution >= 4 is 15.9 Å². The van der Waals surface area contributed by atoms with E-state index in [0.29, 0.717) is 45.6 Å². The number of morpholine rings is 1. The Kier molecular flexibility index (Phi) is 7.42. The Morgan fingerprint density at radius 2 is 2.00 bits per heavy atom. The van der Waals surface area contributed by atoms with Gasteiger partial charge in [-0.15, -0.1) is 5.10 Å². The summed E-state index contributed by atoms with van der Waals surface area (Å²) in [6, 6.07) is 7.44. The fourth-order valence-electron chi connectivity index (χ4n) is 4.39. The molecule has 2 aliphatic rings. The van der Waals surface area contributed by atoms with E-state index >= 15 is 0 Å². The lowest BCUT2D eigenvalue weighted by Crippen LogP contribution is -2.55. The van der Waals surface area contributed by atoms with E-state index in [2.05, 4.69) is 15.2 Å². The lowest BCUT2D eigenvalue weighted by molar-refractivity contribution is -0.143. The zero-order chi connectivity index (χ0) is 23.4. The lowest BCUT2D eigenvalue weighted by atomic mass is 10.1. The van der Waals surface area contributed by atoms with Gasteiger partial charge in [0.05, 0.1) is 36.4 Å². The topological polar surface area (TPSA) is 101 Å². The summed E-state index contributed by atoms with van der Waals surface area (Å²) in [5, 5.41) is 8.46. The number of nitrogens with zero attached hydrogens (tertiary/aromatic N) is 6. The van der Waals surface area contributed by atoms with E-state index in [0.717, 1.165) is 18.8 Å². The molecule has 0 spiro atoms. The molecule has 33 heavy (non-hydrogen) atoms. The average Bonchev–Trinajstić information content (AvgIpc) is 3.48. The van der Waals surface area contributed by atoms with Crippen molar-refractivity contribution in [1.29, 1.82) is 0 Å². The van der Waals surface area contributed by atoms with Gasteiger partial charge in [0.2, 0.25) is 15.9 Å². The Morgan fingerprint density at radius 3 is 2.76 bits per heavy atom. The van der Waals surface area contributed by atoms with Gasteiger partial charge in [0.15, 0.2) is 0 Å². The van der Waals surface area contributed by atoms with Gasteiger partial charge in [-0.2, -0.15) is 4.31 Å². The lowest BCUT2D eigenvalue weighted by Gasteiger charge is -2.38. The minimum Gasteiger partial charge on any atom is -0.377 e. The van der Waals surface area contributed by atoms with Crippen LogP contribution in [0.15, 0.2) is 41.4 Å². The molecular formula is C22H32N6O4S. The monoisotopic (exact) mass is 476 g/mol. The van der Waals surface area contributed by atoms with E-state index in [1.165, 1.54) is 4.31 Å². The number of ether oxygens (including phenoxy) is 1. The van der Waals surface area contributed by atoms with Crippen molar-refractivity contribution in [3.8, 4) is 0 Å². The molecule has 1 aromatic heterocycles. The molecule has 0 aliphatic carbocycles. The van der Waals surface area contributed by atoms with Crippen molar-refractivity contribution in [2.45, 2.75) is 42.8 Å². The number of sulfonamides is 1. The number of carbonyl (C=O) groups excluding carboxylic acids is 1. The van der Waals surface area contributed by atoms with Crippen molar-refractivity contribution in [1.82, 2.24) is 29.1 Å². The molecule has 2 aromatic rings. The molecule has 0 radical (unpaired) electrons. The van der Waals surface area contributed by atoms with Crippen LogP contribution < -0.4 is 0 Å². The Labute approximate surface area is 195 Å². The first-order valence-electron chi connectivity index (χ1n) is 11.3. The number of likely N-dealkylation sites (N-methyl/N-ethyl adjacent to an activating group) is 1. The Bertz CT molecular complexity index is 1040. The van der Waals surface area contributed by atoms with E-state index < -0.39 is 16.1 Å². The Morgan fingerprint density at radius 1 is 1.21 bits per heavy atom. The fraction of sp³-hybridized carbons (Fsp3) is 0.591. The van der Waals surface area contributed by atoms with Gasteiger partial charge >= 0.3 is 0 Å². The van der Waals surface area contributed by atoms with E-state index in [-0.39, 0.29) is 16.8 Å². The van der Waals surface area contributed by atoms with E-state index in [1.54, 1.807) is 39.9 Å². The largest absolute Gasteiger partial charge is 0.377 e. The highest BCUT2D eigenvalue weighted by Gasteiger charge is 2.43. The second-order valence-electron chi connectivity index (χ2n) is 8.83. The molecule has 11 heteroatoms. The molecular weight excluding hydrogens is 444 g/mol. The molecule has 4 rings (SSSR count). The van der Waals surface area contributed by atoms with Crippen LogP contribution in [0.25, 0.3) is 0 Å². The smallest absolute Gasteiger partial charge is 0.243 e. The van der Waals surface area contributed by atoms with Gasteiger partial charge in [-0.3, -0.25) is 9.48 Å². The van der Waals surface area contributed by atoms with E-state index in [4.69, 9.17) is 4.74 Å². The molecule has 2 aliphatic heterocycles. The maximum absolute atomic E-state index is 13.6. The summed E-state index contributed by atoms with van der Waals surface area (Å²) in [6.07, 6.45) is 3.61. The number of carbonyl (C=O) groups is 1. The predicted molar refractivity (Wildman–Crippen MR) is 122 cm³/mol. The van der Waals surface area contributed by atoms with Crippen LogP contribution in [0.3, 0.4) is 0 Å². The molecule has 0 bridgehead atoms. The molecule has 1 unspecified atom stereocenters. The normalized spacial score (nSPS) is 22.2. The molecule has 1 amide bonds. The minimum absolute atomic E-state index is 0.152. The molecule has 10 nitrogen and oxygen atoms in total. The first-order valence-corrected chi connectivity index (χ1v) is 12.8. The van der Waals surface area contributed by atoms with Gasteiger partial charge < -0.3 is 14.5 Å². The third-order valence-electron chi connectivity index (χ3n) is 6.16. The summed E-state index contributed by atoms with van der Waals surface area (Å²) in [5.41, 5.74) is 0.794. The van der Waals surface area contributed by atoms with Crippen LogP contribution in [0.2, 0.25) is 0 Å². The van der Waals surface area contributed by atoms with Crippen molar-refractivity contribution in [2.75, 3.05) is 46.9 Å². The summed E-state index contributed by atoms with van der Waals surface area (Å²) in [6.45, 7) is 3.22. The van der Waals surface area contributed by atoms with Crippen LogP contribution in [-0.4, -0.2) is 102 Å². The van der Waals surface area contributed by atoms with Crippen LogP contribution in [0, 0.1) is 0 Å². The first-order chi connectivity index (χ1) is 15.9. The summed E-state index contributed by atoms with van der Waals surface area (Å²) in [4.78, 5) is 17.7. The zero-order valence-electron chi connectivity index (χ0n) is 19.2. The third kappa shape index (κ3) is 5.43. The third-order valence-corrected chi connectivity index (χ3v) is 8.08. The zero-order valence-corrected chi connectivity index (χ0v) is 20.0. The van der Waals surface area contributed by atoms with Crippen molar-refractivity contribution in [3.63, 3.8) is 0 Å². The van der Waals surface area contributed by atoms with Crippen LogP contribution in [0.1, 0.15) is 18.5 Å². The number of benzene rings is 1. The number of hydrogen-bond acceptors (Lipinski definition) is 7. The van der Waals surface area contributed by atoms with E-state index in [9.17, 15) is 13.2 Å². The van der Waals surface area contributed by atoms with Gasteiger partial charge in [-0.05, 0) is 39.1 Å². The Balaban J connectivity index is 1.47. The van der Waals surface area contributed by atoms with Gasteiger partial charge in [-0.25, -0.2) is 8.42 Å². The molecule has 2 atom stereocenters. The number of rotatable bonds is 8. The molecule has 0 saturated carbocycles. The van der Waals surface area contributed by atoms with Crippen molar-refractivity contribution in [2.24, 2.45) is 0 Å². The van der Waals surface area contributed by atoms with Gasteiger partial charge in [-0.1, -0.05) is 23.4 Å². The molecule has 2 saturated heterocycles. The van der Waals surface area contributed by atoms with Gasteiger partial charge in [0.25, 0.3) is 0 Å². The summed E-state index contributed by atoms with van der Waals surface area (Å²) < 4.78 is 35.3. The number of amides is 1. The minimum atomic E-state index is -3.73. The van der Waals surface area contributed by atoms with Crippen LogP contribution in [0.5, 0.6) is 0 Å². The first kappa shape index (κ1) is 23.8. The van der Waals surface area contributed by atoms with Gasteiger partial charge in [0.1, 0.15) is 6.04 Å². The van der Waals surface area contributed by atoms with Crippen molar-refractivity contribution < 1.29 is 17.9 Å². The van der Waals surface area contributed by atoms with Crippen LogP contribution in [-0.2, 0) is 32.5 Å². The summed E-state index contributed by atoms with van der Waals surface area (Å²) >= 11 is 0. The quantitative estimate of drug-likeness (QED) is 0.546. The Hall–Kier alpha value is -2.34. The highest BCUT2D eigenvalue weighted by molar-refractivity contribution is 7.89. The maximum atomic E-state index is 13.6. The summed E-state index contributed by atoms with van der Waals surface area (Å²) in [7, 11) is 0.277. The second-order valence-corrected chi connectivity index (χ2v) is 10.7. The standard InChI is InChI=1S/C22H32N6O4S/c1-25(2)11-12-26-16-18(23-24-26)15-19-17-32-14-13-27(19)22(29)21-9-6-10-28(21)33(30,31)20-7-4-3-5-8-20/h3-5,7-8,16,19,21H,6,9-15,17H2,1-2H3/t19?,21-/m0/s1. The molecule has 0 N–H and O–H groups in total. The van der Waals surface area contributed by atoms with Crippen molar-refractivity contribution in [3.05, 3.63) is 42.2 Å². The fourth-order valence-corrected chi connectivity index (χ4v) is 6.07. The van der Waals surface area contributed by atoms with Gasteiger partial charge in [0, 0.05) is 32.3 Å². The number of hydrogen-bond donors (Lipinski definition) is 0. The predicted octanol–water partition coefficient (Wildman–Crippen LogP) is 0.463. The van der Waals surface area contributed by atoms with Crippen LogP contribution in [0.4, 0.5) is 0 Å². The molecule has 2 fully saturated rings. The number of aromatic nitrogens is 3. The van der Waals surface area contributed by atoms with E-state index in [1.807, 2.05) is 20.3 Å². The highest BCUT2D eigenvalue weighted by Crippen LogP contribution is 2.28. The molecule has 1 aromatic carbocycles. The SMILES string of the molecule is CN(C)CCn1cc(CC2COCCN2C(=O)[C@@H]2CCCN2S(=O)(=O)c2ccccc2)nn1. The average molecular weight is 477 g/mol. The summed E-state index contributed by atoms with van der Waals surface area (Å²) in [5.74, 6) is -0.152. The molecule has 3 heterocycles. The van der Waals surface area contributed by atoms with Crippen LogP contribution >= 0.6 is 0 Å².